The summed E-state index contributed by atoms with van der Waals surface area (Å²) in [4.78, 5) is 0. The maximum Gasteiger partial charge on any atom is 0.0834 e. The van der Waals surface area contributed by atoms with Gasteiger partial charge in [-0.15, -0.1) is 0 Å². The van der Waals surface area contributed by atoms with E-state index in [1.807, 2.05) is 0 Å². The lowest BCUT2D eigenvalue weighted by Gasteiger charge is -2.27. The molecule has 84 valence electrons. The molecule has 0 radical (unpaired) electrons. The molecule has 0 bridgehead atoms. The van der Waals surface area contributed by atoms with Crippen LogP contribution in [0.5, 0.6) is 0 Å². The van der Waals surface area contributed by atoms with E-state index >= 15 is 0 Å². The van der Waals surface area contributed by atoms with Crippen molar-refractivity contribution in [3.05, 3.63) is 0 Å². The van der Waals surface area contributed by atoms with Crippen LogP contribution in [-0.2, 0) is 4.74 Å². The van der Waals surface area contributed by atoms with Crippen molar-refractivity contribution in [3.63, 3.8) is 0 Å². The van der Waals surface area contributed by atoms with Gasteiger partial charge in [0.2, 0.25) is 0 Å². The van der Waals surface area contributed by atoms with Crippen molar-refractivity contribution in [3.8, 4) is 0 Å². The van der Waals surface area contributed by atoms with E-state index in [-0.39, 0.29) is 12.2 Å². The molecule has 3 heteroatoms. The summed E-state index contributed by atoms with van der Waals surface area (Å²) in [6.07, 6.45) is 5.30. The highest BCUT2D eigenvalue weighted by atomic mass is 16.5. The van der Waals surface area contributed by atoms with Crippen LogP contribution in [0.15, 0.2) is 0 Å². The lowest BCUT2D eigenvalue weighted by Crippen LogP contribution is -2.34. The van der Waals surface area contributed by atoms with Crippen LogP contribution in [-0.4, -0.2) is 37.0 Å². The van der Waals surface area contributed by atoms with E-state index in [0.717, 1.165) is 45.4 Å². The zero-order chi connectivity index (χ0) is 10.2. The predicted octanol–water partition coefficient (Wildman–Crippen LogP) is 1.31. The molecule has 3 nitrogen and oxygen atoms in total. The molecule has 2 atom stereocenters. The summed E-state index contributed by atoms with van der Waals surface area (Å²) in [6, 6.07) is 0. The van der Waals surface area contributed by atoms with Crippen LogP contribution >= 0.6 is 0 Å². The predicted molar refractivity (Wildman–Crippen MR) is 57.4 cm³/mol. The zero-order valence-corrected chi connectivity index (χ0v) is 9.17. The molecule has 1 fully saturated rings. The largest absolute Gasteiger partial charge is 0.390 e. The Balaban J connectivity index is 1.99. The Labute approximate surface area is 86.8 Å². The average Bonchev–Trinajstić information content (AvgIpc) is 2.20. The minimum atomic E-state index is -0.227. The SMILES string of the molecule is CCCNCCOC1CCCCC1O. The summed E-state index contributed by atoms with van der Waals surface area (Å²) in [7, 11) is 0. The van der Waals surface area contributed by atoms with Gasteiger partial charge in [-0.2, -0.15) is 0 Å². The minimum Gasteiger partial charge on any atom is -0.390 e. The molecule has 0 aromatic heterocycles. The maximum absolute atomic E-state index is 9.63. The minimum absolute atomic E-state index is 0.0900. The fourth-order valence-electron chi connectivity index (χ4n) is 1.86. The van der Waals surface area contributed by atoms with Crippen LogP contribution in [0.1, 0.15) is 39.0 Å². The van der Waals surface area contributed by atoms with E-state index in [0.29, 0.717) is 0 Å². The Morgan fingerprint density at radius 3 is 2.79 bits per heavy atom. The molecule has 0 aromatic rings. The second kappa shape index (κ2) is 7.21. The third-order valence-electron chi connectivity index (χ3n) is 2.71. The summed E-state index contributed by atoms with van der Waals surface area (Å²) in [5.41, 5.74) is 0. The second-order valence-corrected chi connectivity index (χ2v) is 4.01. The van der Waals surface area contributed by atoms with Crippen LogP contribution in [0.3, 0.4) is 0 Å². The molecule has 14 heavy (non-hydrogen) atoms. The lowest BCUT2D eigenvalue weighted by atomic mass is 9.95. The molecular formula is C11H23NO2. The first-order valence-electron chi connectivity index (χ1n) is 5.85. The van der Waals surface area contributed by atoms with Crippen molar-refractivity contribution in [1.82, 2.24) is 5.32 Å². The van der Waals surface area contributed by atoms with E-state index in [2.05, 4.69) is 12.2 Å². The van der Waals surface area contributed by atoms with E-state index in [1.54, 1.807) is 0 Å². The Morgan fingerprint density at radius 1 is 1.29 bits per heavy atom. The van der Waals surface area contributed by atoms with E-state index in [1.165, 1.54) is 6.42 Å². The third-order valence-corrected chi connectivity index (χ3v) is 2.71. The highest BCUT2D eigenvalue weighted by molar-refractivity contribution is 4.74. The van der Waals surface area contributed by atoms with E-state index in [4.69, 9.17) is 4.74 Å². The Hall–Kier alpha value is -0.120. The summed E-state index contributed by atoms with van der Waals surface area (Å²) in [5.74, 6) is 0. The molecule has 2 N–H and O–H groups in total. The van der Waals surface area contributed by atoms with Gasteiger partial charge in [-0.25, -0.2) is 0 Å². The van der Waals surface area contributed by atoms with Gasteiger partial charge in [-0.1, -0.05) is 19.8 Å². The monoisotopic (exact) mass is 201 g/mol. The van der Waals surface area contributed by atoms with Gasteiger partial charge in [0.05, 0.1) is 18.8 Å². The van der Waals surface area contributed by atoms with Gasteiger partial charge >= 0.3 is 0 Å². The van der Waals surface area contributed by atoms with Crippen molar-refractivity contribution >= 4 is 0 Å². The van der Waals surface area contributed by atoms with Gasteiger partial charge in [0.15, 0.2) is 0 Å². The lowest BCUT2D eigenvalue weighted by molar-refractivity contribution is -0.0572. The highest BCUT2D eigenvalue weighted by Crippen LogP contribution is 2.20. The van der Waals surface area contributed by atoms with Crippen molar-refractivity contribution < 1.29 is 9.84 Å². The van der Waals surface area contributed by atoms with Gasteiger partial charge < -0.3 is 15.2 Å². The fourth-order valence-corrected chi connectivity index (χ4v) is 1.86. The highest BCUT2D eigenvalue weighted by Gasteiger charge is 2.22. The maximum atomic E-state index is 9.63. The van der Waals surface area contributed by atoms with Gasteiger partial charge in [-0.3, -0.25) is 0 Å². The number of aliphatic hydroxyl groups excluding tert-OH is 1. The molecular weight excluding hydrogens is 178 g/mol. The van der Waals surface area contributed by atoms with Crippen LogP contribution < -0.4 is 5.32 Å². The first-order chi connectivity index (χ1) is 6.84. The van der Waals surface area contributed by atoms with Gasteiger partial charge in [-0.05, 0) is 25.8 Å². The number of hydrogen-bond donors (Lipinski definition) is 2. The Morgan fingerprint density at radius 2 is 2.07 bits per heavy atom. The van der Waals surface area contributed by atoms with Crippen LogP contribution in [0.4, 0.5) is 0 Å². The quantitative estimate of drug-likeness (QED) is 0.637. The molecule has 0 saturated heterocycles. The van der Waals surface area contributed by atoms with Gasteiger partial charge in [0, 0.05) is 6.54 Å². The number of hydrogen-bond acceptors (Lipinski definition) is 3. The first kappa shape index (κ1) is 12.0. The summed E-state index contributed by atoms with van der Waals surface area (Å²) in [5, 5.41) is 12.9. The molecule has 1 aliphatic carbocycles. The second-order valence-electron chi connectivity index (χ2n) is 4.01. The molecule has 0 amide bonds. The number of aliphatic hydroxyl groups is 1. The van der Waals surface area contributed by atoms with Gasteiger partial charge in [0.25, 0.3) is 0 Å². The number of nitrogens with one attached hydrogen (secondary N) is 1. The summed E-state index contributed by atoms with van der Waals surface area (Å²) in [6.45, 7) is 4.83. The molecule has 2 unspecified atom stereocenters. The van der Waals surface area contributed by atoms with Crippen molar-refractivity contribution in [2.45, 2.75) is 51.2 Å². The Kier molecular flexibility index (Phi) is 6.15. The normalized spacial score (nSPS) is 27.9. The summed E-state index contributed by atoms with van der Waals surface area (Å²) < 4.78 is 5.63. The third kappa shape index (κ3) is 4.40. The number of rotatable bonds is 6. The van der Waals surface area contributed by atoms with Crippen molar-refractivity contribution in [2.24, 2.45) is 0 Å². The van der Waals surface area contributed by atoms with E-state index in [9.17, 15) is 5.11 Å². The molecule has 0 spiro atoms. The molecule has 1 saturated carbocycles. The molecule has 0 heterocycles. The number of ether oxygens (including phenoxy) is 1. The van der Waals surface area contributed by atoms with Crippen LogP contribution in [0.2, 0.25) is 0 Å². The molecule has 1 aliphatic rings. The zero-order valence-electron chi connectivity index (χ0n) is 9.17. The van der Waals surface area contributed by atoms with Crippen LogP contribution in [0, 0.1) is 0 Å². The first-order valence-corrected chi connectivity index (χ1v) is 5.85. The van der Waals surface area contributed by atoms with Crippen molar-refractivity contribution in [1.29, 1.82) is 0 Å². The standard InChI is InChI=1S/C11H23NO2/c1-2-7-12-8-9-14-11-6-4-3-5-10(11)13/h10-13H,2-9H2,1H3. The molecule has 0 aromatic carbocycles. The van der Waals surface area contributed by atoms with Crippen LogP contribution in [0.25, 0.3) is 0 Å². The Bertz CT molecular complexity index is 141. The van der Waals surface area contributed by atoms with E-state index < -0.39 is 0 Å². The summed E-state index contributed by atoms with van der Waals surface area (Å²) >= 11 is 0. The fraction of sp³-hybridized carbons (Fsp3) is 1.00. The van der Waals surface area contributed by atoms with Gasteiger partial charge in [0.1, 0.15) is 0 Å². The van der Waals surface area contributed by atoms with Crippen molar-refractivity contribution in [2.75, 3.05) is 19.7 Å². The molecule has 1 rings (SSSR count). The topological polar surface area (TPSA) is 41.5 Å². The smallest absolute Gasteiger partial charge is 0.0834 e. The average molecular weight is 201 g/mol. The molecule has 0 aliphatic heterocycles.